The lowest BCUT2D eigenvalue weighted by Gasteiger charge is -2.11. The Kier molecular flexibility index (Phi) is 7.76. The van der Waals surface area contributed by atoms with Gasteiger partial charge in [-0.1, -0.05) is 23.7 Å². The highest BCUT2D eigenvalue weighted by Crippen LogP contribution is 2.35. The summed E-state index contributed by atoms with van der Waals surface area (Å²) in [5, 5.41) is 4.29. The zero-order valence-electron chi connectivity index (χ0n) is 15.3. The maximum atomic E-state index is 11.9. The van der Waals surface area contributed by atoms with Gasteiger partial charge >= 0.3 is 0 Å². The molecular weight excluding hydrogens is 372 g/mol. The van der Waals surface area contributed by atoms with Crippen LogP contribution in [-0.2, 0) is 4.79 Å². The molecule has 0 fully saturated rings. The molecule has 144 valence electrons. The van der Waals surface area contributed by atoms with Gasteiger partial charge in [0.15, 0.2) is 29.6 Å². The van der Waals surface area contributed by atoms with Crippen LogP contribution in [0.15, 0.2) is 41.5 Å². The van der Waals surface area contributed by atoms with E-state index in [1.807, 2.05) is 13.0 Å². The Bertz CT molecular complexity index is 811. The Hall–Kier alpha value is -2.93. The minimum atomic E-state index is -0.415. The lowest BCUT2D eigenvalue weighted by Crippen LogP contribution is -2.24. The molecule has 0 aliphatic rings. The van der Waals surface area contributed by atoms with Crippen LogP contribution in [0.2, 0.25) is 5.02 Å². The number of halogens is 1. The minimum Gasteiger partial charge on any atom is -0.493 e. The van der Waals surface area contributed by atoms with E-state index in [1.165, 1.54) is 20.4 Å². The number of para-hydroxylation sites is 2. The Morgan fingerprint density at radius 3 is 2.52 bits per heavy atom. The van der Waals surface area contributed by atoms with E-state index in [4.69, 9.17) is 30.5 Å². The molecule has 0 spiro atoms. The first-order valence-corrected chi connectivity index (χ1v) is 8.54. The maximum Gasteiger partial charge on any atom is 0.277 e. The van der Waals surface area contributed by atoms with Crippen LogP contribution in [0.5, 0.6) is 23.0 Å². The summed E-state index contributed by atoms with van der Waals surface area (Å²) in [6, 6.07) is 10.4. The van der Waals surface area contributed by atoms with Crippen LogP contribution < -0.4 is 24.4 Å². The molecule has 0 atom stereocenters. The topological polar surface area (TPSA) is 78.4 Å². The summed E-state index contributed by atoms with van der Waals surface area (Å²) in [6.45, 7) is 2.12. The summed E-state index contributed by atoms with van der Waals surface area (Å²) >= 11 is 6.17. The molecule has 27 heavy (non-hydrogen) atoms. The van der Waals surface area contributed by atoms with Gasteiger partial charge in [-0.2, -0.15) is 5.10 Å². The van der Waals surface area contributed by atoms with Crippen molar-refractivity contribution in [3.63, 3.8) is 0 Å². The standard InChI is InChI=1S/C19H21ClN2O5/c1-4-26-17-10-13(9-14(20)19(17)25-3)11-21-22-18(23)12-27-16-8-6-5-7-15(16)24-2/h5-11H,4,12H2,1-3H3,(H,22,23)/b21-11-. The number of nitrogens with zero attached hydrogens (tertiary/aromatic N) is 1. The smallest absolute Gasteiger partial charge is 0.277 e. The van der Waals surface area contributed by atoms with Crippen molar-refractivity contribution < 1.29 is 23.7 Å². The summed E-state index contributed by atoms with van der Waals surface area (Å²) in [5.41, 5.74) is 3.04. The molecule has 1 amide bonds. The molecule has 0 heterocycles. The second-order valence-corrected chi connectivity index (χ2v) is 5.61. The van der Waals surface area contributed by atoms with Crippen molar-refractivity contribution in [3.8, 4) is 23.0 Å². The number of methoxy groups -OCH3 is 2. The van der Waals surface area contributed by atoms with Gasteiger partial charge in [-0.05, 0) is 36.8 Å². The van der Waals surface area contributed by atoms with E-state index in [1.54, 1.807) is 30.3 Å². The van der Waals surface area contributed by atoms with Gasteiger partial charge in [0.2, 0.25) is 0 Å². The lowest BCUT2D eigenvalue weighted by molar-refractivity contribution is -0.123. The number of ether oxygens (including phenoxy) is 4. The molecule has 0 aromatic heterocycles. The zero-order chi connectivity index (χ0) is 19.6. The first-order valence-electron chi connectivity index (χ1n) is 8.17. The van der Waals surface area contributed by atoms with Crippen molar-refractivity contribution in [2.24, 2.45) is 5.10 Å². The van der Waals surface area contributed by atoms with Gasteiger partial charge in [-0.3, -0.25) is 4.79 Å². The molecule has 2 rings (SSSR count). The second-order valence-electron chi connectivity index (χ2n) is 5.20. The van der Waals surface area contributed by atoms with E-state index >= 15 is 0 Å². The second kappa shape index (κ2) is 10.3. The fourth-order valence-electron chi connectivity index (χ4n) is 2.22. The minimum absolute atomic E-state index is 0.203. The molecule has 8 heteroatoms. The van der Waals surface area contributed by atoms with Gasteiger partial charge in [0, 0.05) is 0 Å². The Labute approximate surface area is 162 Å². The van der Waals surface area contributed by atoms with E-state index in [-0.39, 0.29) is 6.61 Å². The third-order valence-corrected chi connectivity index (χ3v) is 3.65. The molecule has 0 saturated carbocycles. The molecular formula is C19H21ClN2O5. The molecule has 0 saturated heterocycles. The van der Waals surface area contributed by atoms with Crippen molar-refractivity contribution in [3.05, 3.63) is 47.0 Å². The largest absolute Gasteiger partial charge is 0.493 e. The fourth-order valence-corrected chi connectivity index (χ4v) is 2.51. The molecule has 0 unspecified atom stereocenters. The number of carbonyl (C=O) groups is 1. The number of nitrogens with one attached hydrogen (secondary N) is 1. The van der Waals surface area contributed by atoms with Crippen LogP contribution in [0.25, 0.3) is 0 Å². The van der Waals surface area contributed by atoms with Gasteiger partial charge in [-0.15, -0.1) is 0 Å². The molecule has 0 aliphatic carbocycles. The van der Waals surface area contributed by atoms with E-state index in [9.17, 15) is 4.79 Å². The summed E-state index contributed by atoms with van der Waals surface area (Å²) in [7, 11) is 3.04. The van der Waals surface area contributed by atoms with Gasteiger partial charge in [0.25, 0.3) is 5.91 Å². The lowest BCUT2D eigenvalue weighted by atomic mass is 10.2. The predicted molar refractivity (Wildman–Crippen MR) is 103 cm³/mol. The average Bonchev–Trinajstić information content (AvgIpc) is 2.67. The molecule has 0 radical (unpaired) electrons. The normalized spacial score (nSPS) is 10.5. The molecule has 2 aromatic rings. The molecule has 0 aliphatic heterocycles. The zero-order valence-corrected chi connectivity index (χ0v) is 16.1. The monoisotopic (exact) mass is 392 g/mol. The van der Waals surface area contributed by atoms with Crippen LogP contribution in [0.3, 0.4) is 0 Å². The van der Waals surface area contributed by atoms with Crippen molar-refractivity contribution in [1.29, 1.82) is 0 Å². The highest BCUT2D eigenvalue weighted by molar-refractivity contribution is 6.32. The number of benzene rings is 2. The van der Waals surface area contributed by atoms with E-state index < -0.39 is 5.91 Å². The van der Waals surface area contributed by atoms with Crippen molar-refractivity contribution in [2.75, 3.05) is 27.4 Å². The van der Waals surface area contributed by atoms with Gasteiger partial charge in [0.1, 0.15) is 0 Å². The first-order chi connectivity index (χ1) is 13.1. The van der Waals surface area contributed by atoms with E-state index in [0.717, 1.165) is 0 Å². The quantitative estimate of drug-likeness (QED) is 0.523. The molecule has 2 aromatic carbocycles. The van der Waals surface area contributed by atoms with Crippen molar-refractivity contribution in [2.45, 2.75) is 6.92 Å². The summed E-state index contributed by atoms with van der Waals surface area (Å²) in [4.78, 5) is 11.9. The van der Waals surface area contributed by atoms with E-state index in [0.29, 0.717) is 40.2 Å². The summed E-state index contributed by atoms with van der Waals surface area (Å²) in [6.07, 6.45) is 1.45. The average molecular weight is 393 g/mol. The van der Waals surface area contributed by atoms with Gasteiger partial charge in [-0.25, -0.2) is 5.43 Å². The van der Waals surface area contributed by atoms with Crippen LogP contribution >= 0.6 is 11.6 Å². The van der Waals surface area contributed by atoms with Crippen molar-refractivity contribution in [1.82, 2.24) is 5.43 Å². The van der Waals surface area contributed by atoms with Crippen LogP contribution in [0.4, 0.5) is 0 Å². The van der Waals surface area contributed by atoms with Gasteiger partial charge < -0.3 is 18.9 Å². The fraction of sp³-hybridized carbons (Fsp3) is 0.263. The summed E-state index contributed by atoms with van der Waals surface area (Å²) < 4.78 is 21.3. The Morgan fingerprint density at radius 1 is 1.11 bits per heavy atom. The Morgan fingerprint density at radius 2 is 1.85 bits per heavy atom. The molecule has 0 bridgehead atoms. The predicted octanol–water partition coefficient (Wildman–Crippen LogP) is 3.29. The third kappa shape index (κ3) is 5.79. The SMILES string of the molecule is CCOc1cc(/C=N\NC(=O)COc2ccccc2OC)cc(Cl)c1OC. The van der Waals surface area contributed by atoms with Crippen LogP contribution in [-0.4, -0.2) is 39.6 Å². The number of rotatable bonds is 9. The number of carbonyl (C=O) groups excluding carboxylic acids is 1. The third-order valence-electron chi connectivity index (χ3n) is 3.37. The number of amides is 1. The highest BCUT2D eigenvalue weighted by Gasteiger charge is 2.11. The van der Waals surface area contributed by atoms with Crippen LogP contribution in [0, 0.1) is 0 Å². The first kappa shape index (κ1) is 20.4. The number of hydrogen-bond acceptors (Lipinski definition) is 6. The van der Waals surface area contributed by atoms with E-state index in [2.05, 4.69) is 10.5 Å². The number of hydrogen-bond donors (Lipinski definition) is 1. The summed E-state index contributed by atoms with van der Waals surface area (Å²) in [5.74, 6) is 1.55. The molecule has 1 N–H and O–H groups in total. The molecule has 7 nitrogen and oxygen atoms in total. The van der Waals surface area contributed by atoms with Crippen molar-refractivity contribution >= 4 is 23.7 Å². The van der Waals surface area contributed by atoms with Gasteiger partial charge in [0.05, 0.1) is 32.1 Å². The maximum absolute atomic E-state index is 11.9. The highest BCUT2D eigenvalue weighted by atomic mass is 35.5. The Balaban J connectivity index is 1.95. The number of hydrazone groups is 1. The van der Waals surface area contributed by atoms with Crippen LogP contribution in [0.1, 0.15) is 12.5 Å².